The molecule has 138 valence electrons. The van der Waals surface area contributed by atoms with Crippen LogP contribution in [0.15, 0.2) is 53.1 Å². The van der Waals surface area contributed by atoms with Crippen LogP contribution in [0.5, 0.6) is 5.75 Å². The zero-order valence-electron chi connectivity index (χ0n) is 14.3. The summed E-state index contributed by atoms with van der Waals surface area (Å²) in [4.78, 5) is 27.6. The summed E-state index contributed by atoms with van der Waals surface area (Å²) in [6.07, 6.45) is 0.320. The second kappa shape index (κ2) is 8.46. The summed E-state index contributed by atoms with van der Waals surface area (Å²) in [6, 6.07) is 13.1. The smallest absolute Gasteiger partial charge is 0.337 e. The van der Waals surface area contributed by atoms with Crippen LogP contribution in [0.1, 0.15) is 22.7 Å². The van der Waals surface area contributed by atoms with Crippen molar-refractivity contribution in [3.8, 4) is 17.1 Å². The van der Waals surface area contributed by atoms with Crippen molar-refractivity contribution in [2.45, 2.75) is 12.8 Å². The number of nitrogens with zero attached hydrogens (tertiary/aromatic N) is 2. The molecule has 0 saturated carbocycles. The number of carbonyl (C=O) groups is 2. The van der Waals surface area contributed by atoms with E-state index in [9.17, 15) is 9.59 Å². The van der Waals surface area contributed by atoms with Crippen molar-refractivity contribution >= 4 is 23.5 Å². The molecule has 0 fully saturated rings. The van der Waals surface area contributed by atoms with Crippen molar-refractivity contribution in [1.82, 2.24) is 10.1 Å². The molecule has 0 unspecified atom stereocenters. The van der Waals surface area contributed by atoms with Crippen LogP contribution in [0, 0.1) is 0 Å². The summed E-state index contributed by atoms with van der Waals surface area (Å²) in [5.74, 6) is 0.180. The monoisotopic (exact) mass is 386 g/mol. The molecule has 0 aliphatic carbocycles. The van der Waals surface area contributed by atoms with Gasteiger partial charge in [0.2, 0.25) is 11.7 Å². The number of aryl methyl sites for hydroxylation is 1. The lowest BCUT2D eigenvalue weighted by Crippen LogP contribution is -2.09. The molecule has 0 N–H and O–H groups in total. The van der Waals surface area contributed by atoms with Gasteiger partial charge in [-0.2, -0.15) is 4.98 Å². The van der Waals surface area contributed by atoms with Crippen LogP contribution in [0.2, 0.25) is 5.02 Å². The molecule has 0 aliphatic rings. The first-order chi connectivity index (χ1) is 13.0. The fourth-order valence-electron chi connectivity index (χ4n) is 2.24. The maximum atomic E-state index is 12.0. The minimum absolute atomic E-state index is 0.0704. The van der Waals surface area contributed by atoms with Gasteiger partial charge in [0, 0.05) is 17.0 Å². The molecular weight excluding hydrogens is 372 g/mol. The van der Waals surface area contributed by atoms with Crippen molar-refractivity contribution in [2.24, 2.45) is 0 Å². The third-order valence-corrected chi connectivity index (χ3v) is 3.87. The quantitative estimate of drug-likeness (QED) is 0.471. The normalized spacial score (nSPS) is 10.4. The molecule has 3 rings (SSSR count). The highest BCUT2D eigenvalue weighted by atomic mass is 35.5. The molecule has 2 aromatic carbocycles. The number of hydrogen-bond donors (Lipinski definition) is 0. The molecule has 0 radical (unpaired) electrons. The van der Waals surface area contributed by atoms with E-state index in [1.165, 1.54) is 31.4 Å². The molecule has 7 nitrogen and oxygen atoms in total. The number of aromatic nitrogens is 2. The van der Waals surface area contributed by atoms with E-state index < -0.39 is 11.9 Å². The Bertz CT molecular complexity index is 935. The number of hydrogen-bond acceptors (Lipinski definition) is 7. The maximum Gasteiger partial charge on any atom is 0.337 e. The van der Waals surface area contributed by atoms with Crippen LogP contribution >= 0.6 is 11.6 Å². The van der Waals surface area contributed by atoms with Gasteiger partial charge in [-0.3, -0.25) is 4.79 Å². The molecule has 3 aromatic rings. The van der Waals surface area contributed by atoms with Gasteiger partial charge in [-0.15, -0.1) is 0 Å². The van der Waals surface area contributed by atoms with Crippen molar-refractivity contribution in [3.63, 3.8) is 0 Å². The number of methoxy groups -OCH3 is 1. The summed E-state index contributed by atoms with van der Waals surface area (Å²) in [5, 5.41) is 4.50. The second-order valence-corrected chi connectivity index (χ2v) is 5.95. The van der Waals surface area contributed by atoms with Gasteiger partial charge in [-0.1, -0.05) is 16.8 Å². The van der Waals surface area contributed by atoms with Gasteiger partial charge >= 0.3 is 11.9 Å². The summed E-state index contributed by atoms with van der Waals surface area (Å²) < 4.78 is 15.0. The average molecular weight is 387 g/mol. The highest BCUT2D eigenvalue weighted by Crippen LogP contribution is 2.19. The Labute approximate surface area is 159 Å². The van der Waals surface area contributed by atoms with Gasteiger partial charge in [0.15, 0.2) is 0 Å². The lowest BCUT2D eigenvalue weighted by atomic mass is 10.2. The molecule has 8 heteroatoms. The Kier molecular flexibility index (Phi) is 5.83. The zero-order chi connectivity index (χ0) is 19.2. The fourth-order valence-corrected chi connectivity index (χ4v) is 2.37. The minimum Gasteiger partial charge on any atom is -0.465 e. The Hall–Kier alpha value is -3.19. The third kappa shape index (κ3) is 4.92. The van der Waals surface area contributed by atoms with Gasteiger partial charge in [0.25, 0.3) is 0 Å². The Morgan fingerprint density at radius 1 is 1.07 bits per heavy atom. The van der Waals surface area contributed by atoms with Crippen LogP contribution < -0.4 is 4.74 Å². The Morgan fingerprint density at radius 3 is 2.44 bits per heavy atom. The molecular formula is C19H15ClN2O5. The number of esters is 2. The molecule has 0 saturated heterocycles. The molecule has 0 bridgehead atoms. The molecule has 1 aromatic heterocycles. The number of carbonyl (C=O) groups excluding carboxylic acids is 2. The largest absolute Gasteiger partial charge is 0.465 e. The number of ether oxygens (including phenoxy) is 2. The van der Waals surface area contributed by atoms with E-state index in [0.29, 0.717) is 28.1 Å². The third-order valence-electron chi connectivity index (χ3n) is 3.62. The lowest BCUT2D eigenvalue weighted by molar-refractivity contribution is -0.134. The highest BCUT2D eigenvalue weighted by Gasteiger charge is 2.12. The Morgan fingerprint density at radius 2 is 1.78 bits per heavy atom. The molecule has 0 atom stereocenters. The predicted molar refractivity (Wildman–Crippen MR) is 96.5 cm³/mol. The van der Waals surface area contributed by atoms with Gasteiger partial charge in [0.05, 0.1) is 19.1 Å². The van der Waals surface area contributed by atoms with Crippen LogP contribution in [-0.4, -0.2) is 29.2 Å². The highest BCUT2D eigenvalue weighted by molar-refractivity contribution is 6.30. The summed E-state index contributed by atoms with van der Waals surface area (Å²) in [6.45, 7) is 0. The molecule has 0 amide bonds. The predicted octanol–water partition coefficient (Wildman–Crippen LogP) is 3.71. The summed E-state index contributed by atoms with van der Waals surface area (Å²) in [5.41, 5.74) is 1.14. The summed E-state index contributed by atoms with van der Waals surface area (Å²) >= 11 is 5.85. The van der Waals surface area contributed by atoms with Crippen molar-refractivity contribution in [2.75, 3.05) is 7.11 Å². The van der Waals surface area contributed by atoms with E-state index in [2.05, 4.69) is 14.9 Å². The first-order valence-corrected chi connectivity index (χ1v) is 8.40. The summed E-state index contributed by atoms with van der Waals surface area (Å²) in [7, 11) is 1.30. The standard InChI is InChI=1S/C19H15ClN2O5/c1-25-19(24)13-4-8-15(9-5-13)26-17(23)11-10-16-21-18(22-27-16)12-2-6-14(20)7-3-12/h2-9H,10-11H2,1H3. The minimum atomic E-state index is -0.458. The maximum absolute atomic E-state index is 12.0. The zero-order valence-corrected chi connectivity index (χ0v) is 15.1. The average Bonchev–Trinajstić information content (AvgIpc) is 3.16. The van der Waals surface area contributed by atoms with Crippen LogP contribution in [0.3, 0.4) is 0 Å². The second-order valence-electron chi connectivity index (χ2n) is 5.51. The molecule has 0 aliphatic heterocycles. The van der Waals surface area contributed by atoms with E-state index in [0.717, 1.165) is 5.56 Å². The first kappa shape index (κ1) is 18.6. The van der Waals surface area contributed by atoms with Crippen molar-refractivity contribution in [3.05, 3.63) is 65.0 Å². The number of halogens is 1. The van der Waals surface area contributed by atoms with Gasteiger partial charge < -0.3 is 14.0 Å². The Balaban J connectivity index is 1.53. The van der Waals surface area contributed by atoms with E-state index >= 15 is 0 Å². The lowest BCUT2D eigenvalue weighted by Gasteiger charge is -2.04. The van der Waals surface area contributed by atoms with Gasteiger partial charge in [-0.05, 0) is 48.5 Å². The van der Waals surface area contributed by atoms with Crippen LogP contribution in [0.25, 0.3) is 11.4 Å². The van der Waals surface area contributed by atoms with E-state index in [1.54, 1.807) is 24.3 Å². The SMILES string of the molecule is COC(=O)c1ccc(OC(=O)CCc2nc(-c3ccc(Cl)cc3)no2)cc1. The molecule has 0 spiro atoms. The van der Waals surface area contributed by atoms with Crippen molar-refractivity contribution in [1.29, 1.82) is 0 Å². The van der Waals surface area contributed by atoms with E-state index in [4.69, 9.17) is 20.9 Å². The van der Waals surface area contributed by atoms with Crippen LogP contribution in [0.4, 0.5) is 0 Å². The van der Waals surface area contributed by atoms with E-state index in [1.807, 2.05) is 0 Å². The first-order valence-electron chi connectivity index (χ1n) is 8.03. The van der Waals surface area contributed by atoms with Crippen LogP contribution in [-0.2, 0) is 16.0 Å². The van der Waals surface area contributed by atoms with Crippen molar-refractivity contribution < 1.29 is 23.6 Å². The van der Waals surface area contributed by atoms with Gasteiger partial charge in [-0.25, -0.2) is 4.79 Å². The van der Waals surface area contributed by atoms with Gasteiger partial charge in [0.1, 0.15) is 5.75 Å². The number of rotatable bonds is 6. The molecule has 1 heterocycles. The van der Waals surface area contributed by atoms with E-state index in [-0.39, 0.29) is 12.8 Å². The fraction of sp³-hybridized carbons (Fsp3) is 0.158. The number of benzene rings is 2. The topological polar surface area (TPSA) is 91.5 Å². The molecule has 27 heavy (non-hydrogen) atoms.